The number of Topliss-reactive ketones (excluding diaryl/α,β-unsaturated/α-hetero) is 1. The van der Waals surface area contributed by atoms with Crippen LogP contribution in [0, 0.1) is 35.5 Å². The molecule has 0 saturated heterocycles. The molecule has 1 nitrogen and oxygen atoms in total. The zero-order valence-corrected chi connectivity index (χ0v) is 16.3. The zero-order valence-electron chi connectivity index (χ0n) is 16.3. The largest absolute Gasteiger partial charge is 0.300 e. The lowest BCUT2D eigenvalue weighted by molar-refractivity contribution is -0.118. The highest BCUT2D eigenvalue weighted by atomic mass is 16.1. The Morgan fingerprint density at radius 2 is 1.25 bits per heavy atom. The topological polar surface area (TPSA) is 17.1 Å². The van der Waals surface area contributed by atoms with Gasteiger partial charge in [0, 0.05) is 12.8 Å². The molecule has 6 atom stereocenters. The average molecular weight is 333 g/mol. The van der Waals surface area contributed by atoms with Crippen molar-refractivity contribution in [2.75, 3.05) is 0 Å². The summed E-state index contributed by atoms with van der Waals surface area (Å²) in [5.74, 6) is 7.17. The Morgan fingerprint density at radius 1 is 0.708 bits per heavy atom. The summed E-state index contributed by atoms with van der Waals surface area (Å²) in [6, 6.07) is 0. The van der Waals surface area contributed by atoms with Gasteiger partial charge in [0.1, 0.15) is 5.78 Å². The predicted molar refractivity (Wildman–Crippen MR) is 102 cm³/mol. The maximum absolute atomic E-state index is 11.2. The van der Waals surface area contributed by atoms with Gasteiger partial charge < -0.3 is 0 Å². The Hall–Kier alpha value is -0.330. The van der Waals surface area contributed by atoms with Crippen LogP contribution in [0.3, 0.4) is 0 Å². The average Bonchev–Trinajstić information content (AvgIpc) is 3.48. The van der Waals surface area contributed by atoms with Gasteiger partial charge in [-0.3, -0.25) is 4.79 Å². The fourth-order valence-corrected chi connectivity index (χ4v) is 5.15. The lowest BCUT2D eigenvalue weighted by Gasteiger charge is -2.02. The Bertz CT molecular complexity index is 401. The smallest absolute Gasteiger partial charge is 0.132 e. The minimum absolute atomic E-state index is 0.445. The highest BCUT2D eigenvalue weighted by Gasteiger charge is 2.48. The zero-order chi connectivity index (χ0) is 16.9. The third-order valence-corrected chi connectivity index (χ3v) is 7.37. The van der Waals surface area contributed by atoms with Gasteiger partial charge in [-0.1, -0.05) is 52.4 Å². The van der Waals surface area contributed by atoms with Gasteiger partial charge in [0.15, 0.2) is 0 Å². The molecule has 3 fully saturated rings. The van der Waals surface area contributed by atoms with Gasteiger partial charge >= 0.3 is 0 Å². The number of hydrogen-bond donors (Lipinski definition) is 0. The van der Waals surface area contributed by atoms with E-state index >= 15 is 0 Å². The van der Waals surface area contributed by atoms with E-state index in [2.05, 4.69) is 6.92 Å². The first kappa shape index (κ1) is 18.5. The second kappa shape index (κ2) is 8.86. The molecular formula is C23H40O. The predicted octanol–water partition coefficient (Wildman–Crippen LogP) is 6.79. The van der Waals surface area contributed by atoms with Gasteiger partial charge in [-0.2, -0.15) is 0 Å². The van der Waals surface area contributed by atoms with Crippen molar-refractivity contribution in [2.45, 2.75) is 104 Å². The quantitative estimate of drug-likeness (QED) is 0.320. The second-order valence-electron chi connectivity index (χ2n) is 9.35. The number of rotatable bonds is 14. The molecule has 0 aromatic carbocycles. The van der Waals surface area contributed by atoms with Crippen molar-refractivity contribution < 1.29 is 4.79 Å². The lowest BCUT2D eigenvalue weighted by Crippen LogP contribution is -1.94. The van der Waals surface area contributed by atoms with E-state index in [0.717, 1.165) is 54.8 Å². The van der Waals surface area contributed by atoms with Crippen molar-refractivity contribution in [1.29, 1.82) is 0 Å². The van der Waals surface area contributed by atoms with Gasteiger partial charge in [-0.15, -0.1) is 0 Å². The number of ketones is 1. The van der Waals surface area contributed by atoms with Gasteiger partial charge in [0.25, 0.3) is 0 Å². The molecule has 0 N–H and O–H groups in total. The number of carbonyl (C=O) groups is 1. The van der Waals surface area contributed by atoms with Crippen molar-refractivity contribution >= 4 is 5.78 Å². The highest BCUT2D eigenvalue weighted by Crippen LogP contribution is 2.58. The van der Waals surface area contributed by atoms with Crippen molar-refractivity contribution in [3.8, 4) is 0 Å². The maximum atomic E-state index is 11.2. The molecule has 0 heterocycles. The molecule has 0 amide bonds. The first-order valence-corrected chi connectivity index (χ1v) is 11.2. The molecule has 0 aliphatic heterocycles. The fraction of sp³-hybridized carbons (Fsp3) is 0.957. The Kier molecular flexibility index (Phi) is 6.81. The first-order chi connectivity index (χ1) is 11.7. The number of unbranched alkanes of at least 4 members (excludes halogenated alkanes) is 4. The van der Waals surface area contributed by atoms with Crippen molar-refractivity contribution in [3.63, 3.8) is 0 Å². The van der Waals surface area contributed by atoms with Crippen LogP contribution in [-0.4, -0.2) is 5.78 Å². The standard InChI is InChI=1S/C23H40O/c1-3-17-12-19(17)14-21-16-22(21)15-20-13-18(20)10-8-6-5-7-9-11-23(24)4-2/h17-22H,3-16H2,1-2H3. The molecule has 0 spiro atoms. The van der Waals surface area contributed by atoms with Crippen LogP contribution in [0.5, 0.6) is 0 Å². The fourth-order valence-electron chi connectivity index (χ4n) is 5.15. The third-order valence-electron chi connectivity index (χ3n) is 7.37. The van der Waals surface area contributed by atoms with Crippen LogP contribution in [0.25, 0.3) is 0 Å². The van der Waals surface area contributed by atoms with Crippen molar-refractivity contribution in [3.05, 3.63) is 0 Å². The van der Waals surface area contributed by atoms with Crippen LogP contribution in [0.15, 0.2) is 0 Å². The van der Waals surface area contributed by atoms with Crippen LogP contribution < -0.4 is 0 Å². The van der Waals surface area contributed by atoms with Crippen LogP contribution in [0.2, 0.25) is 0 Å². The van der Waals surface area contributed by atoms with Gasteiger partial charge in [-0.05, 0) is 74.0 Å². The van der Waals surface area contributed by atoms with Gasteiger partial charge in [0.05, 0.1) is 0 Å². The maximum Gasteiger partial charge on any atom is 0.132 e. The van der Waals surface area contributed by atoms with E-state index in [1.54, 1.807) is 32.1 Å². The summed E-state index contributed by atoms with van der Waals surface area (Å²) in [7, 11) is 0. The lowest BCUT2D eigenvalue weighted by atomic mass is 10.0. The van der Waals surface area contributed by atoms with E-state index < -0.39 is 0 Å². The molecule has 3 aliphatic rings. The van der Waals surface area contributed by atoms with Crippen LogP contribution in [0.4, 0.5) is 0 Å². The summed E-state index contributed by atoms with van der Waals surface area (Å²) in [4.78, 5) is 11.2. The molecule has 0 bridgehead atoms. The molecule has 0 aromatic rings. The SMILES string of the molecule is CCC(=O)CCCCCCCC1CC1CC1CC1CC1CC1CC. The van der Waals surface area contributed by atoms with Crippen LogP contribution in [0.1, 0.15) is 104 Å². The third kappa shape index (κ3) is 5.88. The Balaban J connectivity index is 1.12. The summed E-state index contributed by atoms with van der Waals surface area (Å²) >= 11 is 0. The molecule has 3 rings (SSSR count). The van der Waals surface area contributed by atoms with Crippen LogP contribution >= 0.6 is 0 Å². The van der Waals surface area contributed by atoms with E-state index in [1.807, 2.05) is 6.92 Å². The molecule has 3 saturated carbocycles. The molecule has 0 radical (unpaired) electrons. The molecule has 24 heavy (non-hydrogen) atoms. The summed E-state index contributed by atoms with van der Waals surface area (Å²) in [5, 5.41) is 0. The monoisotopic (exact) mass is 332 g/mol. The van der Waals surface area contributed by atoms with Gasteiger partial charge in [0.2, 0.25) is 0 Å². The van der Waals surface area contributed by atoms with Crippen molar-refractivity contribution in [2.24, 2.45) is 35.5 Å². The molecule has 1 heteroatoms. The molecule has 6 unspecified atom stereocenters. The molecule has 0 aromatic heterocycles. The minimum Gasteiger partial charge on any atom is -0.300 e. The van der Waals surface area contributed by atoms with E-state index in [0.29, 0.717) is 5.78 Å². The van der Waals surface area contributed by atoms with E-state index in [1.165, 1.54) is 38.5 Å². The summed E-state index contributed by atoms with van der Waals surface area (Å²) in [5.41, 5.74) is 0. The summed E-state index contributed by atoms with van der Waals surface area (Å²) < 4.78 is 0. The van der Waals surface area contributed by atoms with Crippen LogP contribution in [-0.2, 0) is 4.79 Å². The van der Waals surface area contributed by atoms with Gasteiger partial charge in [-0.25, -0.2) is 0 Å². The normalized spacial score (nSPS) is 36.6. The summed E-state index contributed by atoms with van der Waals surface area (Å²) in [6.45, 7) is 4.35. The Morgan fingerprint density at radius 3 is 1.92 bits per heavy atom. The van der Waals surface area contributed by atoms with E-state index in [-0.39, 0.29) is 0 Å². The second-order valence-corrected chi connectivity index (χ2v) is 9.35. The molecular weight excluding hydrogens is 292 g/mol. The summed E-state index contributed by atoms with van der Waals surface area (Å²) in [6.07, 6.45) is 18.9. The van der Waals surface area contributed by atoms with Crippen molar-refractivity contribution in [1.82, 2.24) is 0 Å². The Labute approximate surface area is 150 Å². The first-order valence-electron chi connectivity index (χ1n) is 11.2. The minimum atomic E-state index is 0.445. The number of hydrogen-bond acceptors (Lipinski definition) is 1. The highest BCUT2D eigenvalue weighted by molar-refractivity contribution is 5.77. The molecule has 3 aliphatic carbocycles. The van der Waals surface area contributed by atoms with E-state index in [4.69, 9.17) is 0 Å². The number of carbonyl (C=O) groups excluding carboxylic acids is 1. The van der Waals surface area contributed by atoms with E-state index in [9.17, 15) is 4.79 Å². The molecule has 138 valence electrons.